The van der Waals surface area contributed by atoms with Crippen LogP contribution in [0.25, 0.3) is 0 Å². The number of fused-ring (bicyclic) bond motifs is 1. The highest BCUT2D eigenvalue weighted by atomic mass is 35.5. The summed E-state index contributed by atoms with van der Waals surface area (Å²) in [5, 5.41) is 0.379. The second-order valence-electron chi connectivity index (χ2n) is 5.70. The van der Waals surface area contributed by atoms with Crippen LogP contribution in [0.2, 0.25) is 5.02 Å². The number of ether oxygens (including phenoxy) is 3. The number of hydrogen-bond acceptors (Lipinski definition) is 6. The Bertz CT molecular complexity index is 940. The predicted octanol–water partition coefficient (Wildman–Crippen LogP) is 2.68. The highest BCUT2D eigenvalue weighted by Crippen LogP contribution is 2.39. The summed E-state index contributed by atoms with van der Waals surface area (Å²) >= 11 is 6.09. The van der Waals surface area contributed by atoms with Crippen molar-refractivity contribution < 1.29 is 27.4 Å². The number of halogens is 1. The number of rotatable bonds is 5. The fourth-order valence-corrected chi connectivity index (χ4v) is 3.50. The van der Waals surface area contributed by atoms with Gasteiger partial charge in [0.15, 0.2) is 11.5 Å². The maximum Gasteiger partial charge on any atom is 0.338 e. The zero-order chi connectivity index (χ0) is 18.9. The molecule has 0 saturated carbocycles. The second-order valence-corrected chi connectivity index (χ2v) is 8.26. The summed E-state index contributed by atoms with van der Waals surface area (Å²) in [6.07, 6.45) is 0. The van der Waals surface area contributed by atoms with Crippen LogP contribution in [0.3, 0.4) is 0 Å². The van der Waals surface area contributed by atoms with Gasteiger partial charge < -0.3 is 14.2 Å². The van der Waals surface area contributed by atoms with Crippen molar-refractivity contribution in [2.24, 2.45) is 0 Å². The molecule has 0 saturated heterocycles. The third-order valence-corrected chi connectivity index (χ3v) is 5.84. The Morgan fingerprint density at radius 3 is 2.54 bits per heavy atom. The number of nitrogens with zero attached hydrogens (tertiary/aromatic N) is 1. The standard InChI is InChI=1S/C17H16ClNO6S/c1-19(2)26(21,22)13-5-3-12(4-6-13)17(20)23-9-11-7-14(18)16-15(8-11)24-10-25-16/h3-8H,9-10H2,1-2H3. The van der Waals surface area contributed by atoms with Crippen LogP contribution in [0.1, 0.15) is 15.9 Å². The Morgan fingerprint density at radius 1 is 1.19 bits per heavy atom. The fourth-order valence-electron chi connectivity index (χ4n) is 2.31. The van der Waals surface area contributed by atoms with Crippen molar-refractivity contribution >= 4 is 27.6 Å². The van der Waals surface area contributed by atoms with Gasteiger partial charge in [0.2, 0.25) is 16.8 Å². The number of carbonyl (C=O) groups is 1. The van der Waals surface area contributed by atoms with Gasteiger partial charge in [-0.05, 0) is 42.0 Å². The molecule has 0 fully saturated rings. The average Bonchev–Trinajstić information content (AvgIpc) is 3.09. The normalized spacial score (nSPS) is 13.1. The molecule has 2 aromatic rings. The Hall–Kier alpha value is -2.29. The summed E-state index contributed by atoms with van der Waals surface area (Å²) in [4.78, 5) is 12.3. The first-order chi connectivity index (χ1) is 12.3. The first-order valence-electron chi connectivity index (χ1n) is 7.57. The summed E-state index contributed by atoms with van der Waals surface area (Å²) < 4.78 is 40.9. The third-order valence-electron chi connectivity index (χ3n) is 3.73. The summed E-state index contributed by atoms with van der Waals surface area (Å²) in [5.41, 5.74) is 0.897. The van der Waals surface area contributed by atoms with E-state index in [9.17, 15) is 13.2 Å². The van der Waals surface area contributed by atoms with Gasteiger partial charge in [0, 0.05) is 14.1 Å². The molecule has 0 N–H and O–H groups in total. The summed E-state index contributed by atoms with van der Waals surface area (Å²) in [5.74, 6) is 0.397. The molecular formula is C17H16ClNO6S. The van der Waals surface area contributed by atoms with Crippen molar-refractivity contribution in [3.63, 3.8) is 0 Å². The van der Waals surface area contributed by atoms with Crippen LogP contribution in [0, 0.1) is 0 Å². The predicted molar refractivity (Wildman–Crippen MR) is 94.0 cm³/mol. The minimum atomic E-state index is -3.54. The van der Waals surface area contributed by atoms with Crippen molar-refractivity contribution in [2.45, 2.75) is 11.5 Å². The van der Waals surface area contributed by atoms with Crippen molar-refractivity contribution in [3.05, 3.63) is 52.5 Å². The summed E-state index contributed by atoms with van der Waals surface area (Å²) in [6.45, 7) is 0.0907. The van der Waals surface area contributed by atoms with Gasteiger partial charge >= 0.3 is 5.97 Å². The molecule has 0 spiro atoms. The van der Waals surface area contributed by atoms with Gasteiger partial charge in [-0.3, -0.25) is 0 Å². The number of hydrogen-bond donors (Lipinski definition) is 0. The molecule has 138 valence electrons. The molecule has 26 heavy (non-hydrogen) atoms. The van der Waals surface area contributed by atoms with Gasteiger partial charge in [-0.2, -0.15) is 0 Å². The molecule has 1 heterocycles. The number of esters is 1. The van der Waals surface area contributed by atoms with Gasteiger partial charge in [0.05, 0.1) is 15.5 Å². The molecule has 0 amide bonds. The van der Waals surface area contributed by atoms with Crippen molar-refractivity contribution in [2.75, 3.05) is 20.9 Å². The molecule has 0 radical (unpaired) electrons. The lowest BCUT2D eigenvalue weighted by Crippen LogP contribution is -2.22. The van der Waals surface area contributed by atoms with E-state index in [1.165, 1.54) is 38.4 Å². The van der Waals surface area contributed by atoms with Crippen molar-refractivity contribution in [1.82, 2.24) is 4.31 Å². The molecule has 1 aliphatic rings. The Labute approximate surface area is 156 Å². The molecule has 9 heteroatoms. The van der Waals surface area contributed by atoms with Crippen molar-refractivity contribution in [3.8, 4) is 11.5 Å². The van der Waals surface area contributed by atoms with E-state index in [0.29, 0.717) is 22.1 Å². The fraction of sp³-hybridized carbons (Fsp3) is 0.235. The molecular weight excluding hydrogens is 382 g/mol. The van der Waals surface area contributed by atoms with Crippen LogP contribution < -0.4 is 9.47 Å². The third kappa shape index (κ3) is 3.62. The number of sulfonamides is 1. The lowest BCUT2D eigenvalue weighted by atomic mass is 10.2. The monoisotopic (exact) mass is 397 g/mol. The number of benzene rings is 2. The van der Waals surface area contributed by atoms with Gasteiger partial charge in [0.25, 0.3) is 0 Å². The molecule has 0 aromatic heterocycles. The molecule has 1 aliphatic heterocycles. The molecule has 3 rings (SSSR count). The van der Waals surface area contributed by atoms with Crippen LogP contribution in [-0.4, -0.2) is 39.6 Å². The highest BCUT2D eigenvalue weighted by molar-refractivity contribution is 7.89. The van der Waals surface area contributed by atoms with Gasteiger partial charge in [0.1, 0.15) is 6.61 Å². The van der Waals surface area contributed by atoms with E-state index in [2.05, 4.69) is 0 Å². The average molecular weight is 398 g/mol. The Balaban J connectivity index is 1.68. The molecule has 0 atom stereocenters. The van der Waals surface area contributed by atoms with E-state index in [-0.39, 0.29) is 23.9 Å². The lowest BCUT2D eigenvalue weighted by Gasteiger charge is -2.11. The molecule has 0 aliphatic carbocycles. The van der Waals surface area contributed by atoms with Crippen LogP contribution >= 0.6 is 11.6 Å². The van der Waals surface area contributed by atoms with E-state index < -0.39 is 16.0 Å². The molecule has 0 unspecified atom stereocenters. The summed E-state index contributed by atoms with van der Waals surface area (Å²) in [6, 6.07) is 8.87. The quantitative estimate of drug-likeness (QED) is 0.721. The maximum absolute atomic E-state index is 12.2. The van der Waals surface area contributed by atoms with Crippen LogP contribution in [0.5, 0.6) is 11.5 Å². The molecule has 7 nitrogen and oxygen atoms in total. The Morgan fingerprint density at radius 2 is 1.88 bits per heavy atom. The van der Waals surface area contributed by atoms with E-state index in [1.807, 2.05) is 0 Å². The van der Waals surface area contributed by atoms with Gasteiger partial charge in [-0.25, -0.2) is 17.5 Å². The van der Waals surface area contributed by atoms with E-state index in [1.54, 1.807) is 12.1 Å². The Kier molecular flexibility index (Phi) is 5.08. The first kappa shape index (κ1) is 18.5. The second kappa shape index (κ2) is 7.14. The lowest BCUT2D eigenvalue weighted by molar-refractivity contribution is 0.0472. The van der Waals surface area contributed by atoms with E-state index in [4.69, 9.17) is 25.8 Å². The minimum Gasteiger partial charge on any atom is -0.457 e. The maximum atomic E-state index is 12.2. The highest BCUT2D eigenvalue weighted by Gasteiger charge is 2.20. The topological polar surface area (TPSA) is 82.1 Å². The summed E-state index contributed by atoms with van der Waals surface area (Å²) in [7, 11) is -0.667. The van der Waals surface area contributed by atoms with Gasteiger partial charge in [-0.1, -0.05) is 11.6 Å². The molecule has 2 aromatic carbocycles. The van der Waals surface area contributed by atoms with E-state index in [0.717, 1.165) is 4.31 Å². The SMILES string of the molecule is CN(C)S(=O)(=O)c1ccc(C(=O)OCc2cc(Cl)c3c(c2)OCO3)cc1. The molecule has 0 bridgehead atoms. The van der Waals surface area contributed by atoms with Crippen molar-refractivity contribution in [1.29, 1.82) is 0 Å². The van der Waals surface area contributed by atoms with Crippen LogP contribution in [0.4, 0.5) is 0 Å². The smallest absolute Gasteiger partial charge is 0.338 e. The van der Waals surface area contributed by atoms with Crippen LogP contribution in [0.15, 0.2) is 41.3 Å². The van der Waals surface area contributed by atoms with Gasteiger partial charge in [-0.15, -0.1) is 0 Å². The largest absolute Gasteiger partial charge is 0.457 e. The zero-order valence-electron chi connectivity index (χ0n) is 14.1. The van der Waals surface area contributed by atoms with E-state index >= 15 is 0 Å². The first-order valence-corrected chi connectivity index (χ1v) is 9.38. The minimum absolute atomic E-state index is 0.00700. The zero-order valence-corrected chi connectivity index (χ0v) is 15.6. The number of carbonyl (C=O) groups excluding carboxylic acids is 1. The van der Waals surface area contributed by atoms with Crippen LogP contribution in [-0.2, 0) is 21.4 Å².